The number of amides is 1. The van der Waals surface area contributed by atoms with Gasteiger partial charge < -0.3 is 16.0 Å². The molecule has 2 aromatic rings. The molecule has 0 atom stereocenters. The Balaban J connectivity index is 2.05. The van der Waals surface area contributed by atoms with Gasteiger partial charge in [0.15, 0.2) is 5.78 Å². The van der Waals surface area contributed by atoms with Gasteiger partial charge >= 0.3 is 0 Å². The van der Waals surface area contributed by atoms with Crippen LogP contribution in [0.5, 0.6) is 0 Å². The molecule has 5 nitrogen and oxygen atoms in total. The van der Waals surface area contributed by atoms with Crippen molar-refractivity contribution in [2.45, 2.75) is 33.6 Å². The molecule has 0 radical (unpaired) electrons. The van der Waals surface area contributed by atoms with Gasteiger partial charge in [-0.15, -0.1) is 0 Å². The Morgan fingerprint density at radius 2 is 1.87 bits per heavy atom. The van der Waals surface area contributed by atoms with E-state index in [0.29, 0.717) is 24.2 Å². The Kier molecular flexibility index (Phi) is 5.21. The van der Waals surface area contributed by atoms with Gasteiger partial charge in [0.1, 0.15) is 5.69 Å². The monoisotopic (exact) mass is 313 g/mol. The van der Waals surface area contributed by atoms with E-state index in [2.05, 4.69) is 10.3 Å². The lowest BCUT2D eigenvalue weighted by Crippen LogP contribution is -2.27. The van der Waals surface area contributed by atoms with Crippen LogP contribution in [0.1, 0.15) is 51.5 Å². The Labute approximate surface area is 136 Å². The molecule has 1 heterocycles. The maximum atomic E-state index is 12.4. The Morgan fingerprint density at radius 1 is 1.22 bits per heavy atom. The standard InChI is InChI=1S/C18H23N3O2/c1-4-15-16(12(3)22)11(2)21-17(15)18(23)20-10-9-13-5-7-14(19)8-6-13/h5-8,21H,4,9-10,19H2,1-3H3,(H,20,23). The summed E-state index contributed by atoms with van der Waals surface area (Å²) in [7, 11) is 0. The lowest BCUT2D eigenvalue weighted by molar-refractivity contribution is 0.0948. The second kappa shape index (κ2) is 7.13. The van der Waals surface area contributed by atoms with E-state index >= 15 is 0 Å². The van der Waals surface area contributed by atoms with Crippen LogP contribution in [-0.4, -0.2) is 23.2 Å². The molecule has 0 aliphatic rings. The quantitative estimate of drug-likeness (QED) is 0.566. The predicted octanol–water partition coefficient (Wildman–Crippen LogP) is 2.64. The second-order valence-corrected chi connectivity index (χ2v) is 5.64. The van der Waals surface area contributed by atoms with E-state index in [4.69, 9.17) is 5.73 Å². The number of nitrogen functional groups attached to an aromatic ring is 1. The summed E-state index contributed by atoms with van der Waals surface area (Å²) in [6.07, 6.45) is 1.37. The third kappa shape index (κ3) is 3.80. The van der Waals surface area contributed by atoms with Crippen molar-refractivity contribution < 1.29 is 9.59 Å². The number of Topliss-reactive ketones (excluding diaryl/α,β-unsaturated/α-hetero) is 1. The highest BCUT2D eigenvalue weighted by molar-refractivity contribution is 6.02. The number of benzene rings is 1. The zero-order chi connectivity index (χ0) is 17.0. The number of hydrogen-bond donors (Lipinski definition) is 3. The lowest BCUT2D eigenvalue weighted by Gasteiger charge is -2.07. The zero-order valence-corrected chi connectivity index (χ0v) is 13.8. The minimum atomic E-state index is -0.173. The van der Waals surface area contributed by atoms with Crippen LogP contribution in [0.15, 0.2) is 24.3 Å². The van der Waals surface area contributed by atoms with Crippen LogP contribution in [0.25, 0.3) is 0 Å². The first-order chi connectivity index (χ1) is 10.9. The van der Waals surface area contributed by atoms with Crippen LogP contribution < -0.4 is 11.1 Å². The van der Waals surface area contributed by atoms with Gasteiger partial charge in [-0.3, -0.25) is 9.59 Å². The van der Waals surface area contributed by atoms with E-state index in [1.807, 2.05) is 38.1 Å². The smallest absolute Gasteiger partial charge is 0.268 e. The molecule has 0 unspecified atom stereocenters. The number of anilines is 1. The van der Waals surface area contributed by atoms with E-state index in [1.165, 1.54) is 6.92 Å². The number of rotatable bonds is 6. The molecule has 0 saturated carbocycles. The van der Waals surface area contributed by atoms with E-state index in [9.17, 15) is 9.59 Å². The fourth-order valence-electron chi connectivity index (χ4n) is 2.79. The Bertz CT molecular complexity index is 715. The summed E-state index contributed by atoms with van der Waals surface area (Å²) >= 11 is 0. The first-order valence-electron chi connectivity index (χ1n) is 7.79. The van der Waals surface area contributed by atoms with Gasteiger partial charge in [0.2, 0.25) is 0 Å². The highest BCUT2D eigenvalue weighted by Gasteiger charge is 2.21. The molecular formula is C18H23N3O2. The van der Waals surface area contributed by atoms with Crippen molar-refractivity contribution in [1.82, 2.24) is 10.3 Å². The number of ketones is 1. The molecule has 0 bridgehead atoms. The summed E-state index contributed by atoms with van der Waals surface area (Å²) < 4.78 is 0. The fourth-order valence-corrected chi connectivity index (χ4v) is 2.79. The van der Waals surface area contributed by atoms with Crippen LogP contribution in [-0.2, 0) is 12.8 Å². The fraction of sp³-hybridized carbons (Fsp3) is 0.333. The molecule has 1 aromatic heterocycles. The first kappa shape index (κ1) is 16.8. The van der Waals surface area contributed by atoms with E-state index in [1.54, 1.807) is 0 Å². The van der Waals surface area contributed by atoms with Gasteiger partial charge in [-0.1, -0.05) is 19.1 Å². The Hall–Kier alpha value is -2.56. The number of carbonyl (C=O) groups is 2. The maximum absolute atomic E-state index is 12.4. The van der Waals surface area contributed by atoms with Gasteiger partial charge in [-0.2, -0.15) is 0 Å². The third-order valence-corrected chi connectivity index (χ3v) is 3.90. The second-order valence-electron chi connectivity index (χ2n) is 5.64. The van der Waals surface area contributed by atoms with Crippen molar-refractivity contribution in [2.75, 3.05) is 12.3 Å². The molecule has 23 heavy (non-hydrogen) atoms. The minimum Gasteiger partial charge on any atom is -0.399 e. The van der Waals surface area contributed by atoms with E-state index in [0.717, 1.165) is 28.9 Å². The molecular weight excluding hydrogens is 290 g/mol. The molecule has 2 rings (SSSR count). The normalized spacial score (nSPS) is 10.6. The number of carbonyl (C=O) groups excluding carboxylic acids is 2. The molecule has 5 heteroatoms. The predicted molar refractivity (Wildman–Crippen MR) is 91.8 cm³/mol. The maximum Gasteiger partial charge on any atom is 0.268 e. The van der Waals surface area contributed by atoms with Crippen molar-refractivity contribution >= 4 is 17.4 Å². The summed E-state index contributed by atoms with van der Waals surface area (Å²) in [4.78, 5) is 27.2. The van der Waals surface area contributed by atoms with Crippen molar-refractivity contribution in [3.8, 4) is 0 Å². The van der Waals surface area contributed by atoms with Gasteiger partial charge in [0.25, 0.3) is 5.91 Å². The number of H-pyrrole nitrogens is 1. The van der Waals surface area contributed by atoms with Gasteiger partial charge in [0.05, 0.1) is 0 Å². The number of nitrogens with two attached hydrogens (primary N) is 1. The molecule has 0 aliphatic carbocycles. The topological polar surface area (TPSA) is 88.0 Å². The van der Waals surface area contributed by atoms with Crippen LogP contribution in [0.2, 0.25) is 0 Å². The SMILES string of the molecule is CCc1c(C(=O)NCCc2ccc(N)cc2)[nH]c(C)c1C(C)=O. The van der Waals surface area contributed by atoms with Crippen molar-refractivity contribution in [3.63, 3.8) is 0 Å². The molecule has 1 aromatic carbocycles. The molecule has 122 valence electrons. The number of aryl methyl sites for hydroxylation is 1. The summed E-state index contributed by atoms with van der Waals surface area (Å²) in [5, 5.41) is 2.90. The number of hydrogen-bond acceptors (Lipinski definition) is 3. The van der Waals surface area contributed by atoms with Crippen molar-refractivity contribution in [1.29, 1.82) is 0 Å². The highest BCUT2D eigenvalue weighted by atomic mass is 16.2. The highest BCUT2D eigenvalue weighted by Crippen LogP contribution is 2.20. The molecule has 0 saturated heterocycles. The molecule has 1 amide bonds. The average molecular weight is 313 g/mol. The third-order valence-electron chi connectivity index (χ3n) is 3.90. The van der Waals surface area contributed by atoms with Crippen molar-refractivity contribution in [2.24, 2.45) is 0 Å². The largest absolute Gasteiger partial charge is 0.399 e. The Morgan fingerprint density at radius 3 is 2.43 bits per heavy atom. The summed E-state index contributed by atoms with van der Waals surface area (Å²) in [5.41, 5.74) is 10.2. The number of aromatic amines is 1. The van der Waals surface area contributed by atoms with Gasteiger partial charge in [-0.05, 0) is 49.9 Å². The van der Waals surface area contributed by atoms with Crippen LogP contribution >= 0.6 is 0 Å². The molecule has 4 N–H and O–H groups in total. The van der Waals surface area contributed by atoms with Crippen molar-refractivity contribution in [3.05, 3.63) is 52.3 Å². The van der Waals surface area contributed by atoms with E-state index in [-0.39, 0.29) is 11.7 Å². The first-order valence-corrected chi connectivity index (χ1v) is 7.79. The minimum absolute atomic E-state index is 0.0171. The van der Waals surface area contributed by atoms with Crippen LogP contribution in [0.3, 0.4) is 0 Å². The van der Waals surface area contributed by atoms with Gasteiger partial charge in [0, 0.05) is 23.5 Å². The molecule has 0 spiro atoms. The lowest BCUT2D eigenvalue weighted by atomic mass is 10.0. The average Bonchev–Trinajstić information content (AvgIpc) is 2.86. The van der Waals surface area contributed by atoms with Crippen LogP contribution in [0.4, 0.5) is 5.69 Å². The molecule has 0 fully saturated rings. The summed E-state index contributed by atoms with van der Waals surface area (Å²) in [5.74, 6) is -0.190. The summed E-state index contributed by atoms with van der Waals surface area (Å²) in [6, 6.07) is 7.59. The zero-order valence-electron chi connectivity index (χ0n) is 13.8. The van der Waals surface area contributed by atoms with Crippen LogP contribution in [0, 0.1) is 6.92 Å². The molecule has 0 aliphatic heterocycles. The number of nitrogens with one attached hydrogen (secondary N) is 2. The van der Waals surface area contributed by atoms with E-state index < -0.39 is 0 Å². The number of aromatic nitrogens is 1. The summed E-state index contributed by atoms with van der Waals surface area (Å²) in [6.45, 7) is 5.82. The van der Waals surface area contributed by atoms with Gasteiger partial charge in [-0.25, -0.2) is 0 Å².